The van der Waals surface area contributed by atoms with Crippen molar-refractivity contribution in [3.8, 4) is 33.6 Å². The minimum atomic E-state index is 0.563. The van der Waals surface area contributed by atoms with Crippen molar-refractivity contribution < 1.29 is 4.42 Å². The predicted octanol–water partition coefficient (Wildman–Crippen LogP) is 16.0. The van der Waals surface area contributed by atoms with Crippen LogP contribution in [-0.4, -0.2) is 12.1 Å². The highest BCUT2D eigenvalue weighted by Gasteiger charge is 2.34. The minimum absolute atomic E-state index is 0.563. The van der Waals surface area contributed by atoms with Gasteiger partial charge in [0.1, 0.15) is 11.3 Å². The number of fused-ring (bicyclic) bond motifs is 6. The van der Waals surface area contributed by atoms with Gasteiger partial charge in [0.25, 0.3) is 0 Å². The summed E-state index contributed by atoms with van der Waals surface area (Å²) in [6.45, 7) is 0. The van der Waals surface area contributed by atoms with Gasteiger partial charge in [-0.2, -0.15) is 0 Å². The zero-order valence-corrected chi connectivity index (χ0v) is 34.2. The molecule has 2 aliphatic rings. The monoisotopic (exact) mass is 777 g/mol. The molecule has 0 bridgehead atoms. The van der Waals surface area contributed by atoms with Crippen LogP contribution in [0.15, 0.2) is 192 Å². The van der Waals surface area contributed by atoms with Gasteiger partial charge < -0.3 is 9.32 Å². The van der Waals surface area contributed by atoms with Gasteiger partial charge in [-0.15, -0.1) is 0 Å². The zero-order valence-electron chi connectivity index (χ0n) is 34.2. The van der Waals surface area contributed by atoms with E-state index in [1.807, 2.05) is 0 Å². The minimum Gasteiger partial charge on any atom is -0.455 e. The number of hydrogen-bond acceptors (Lipinski definition) is 2. The number of benzene rings is 8. The smallest absolute Gasteiger partial charge is 0.143 e. The molecule has 11 rings (SSSR count). The molecule has 2 aliphatic carbocycles. The summed E-state index contributed by atoms with van der Waals surface area (Å²) >= 11 is 0. The summed E-state index contributed by atoms with van der Waals surface area (Å²) in [7, 11) is 0. The van der Waals surface area contributed by atoms with Gasteiger partial charge in [-0.3, -0.25) is 0 Å². The highest BCUT2D eigenvalue weighted by atomic mass is 16.3. The van der Waals surface area contributed by atoms with E-state index in [2.05, 4.69) is 193 Å². The number of anilines is 1. The van der Waals surface area contributed by atoms with Gasteiger partial charge in [-0.1, -0.05) is 170 Å². The second-order valence-corrected chi connectivity index (χ2v) is 17.3. The molecule has 1 heterocycles. The van der Waals surface area contributed by atoms with Gasteiger partial charge in [-0.25, -0.2) is 0 Å². The summed E-state index contributed by atoms with van der Waals surface area (Å²) < 4.78 is 7.02. The molecule has 0 atom stereocenters. The van der Waals surface area contributed by atoms with Crippen LogP contribution in [0.2, 0.25) is 0 Å². The molecule has 2 nitrogen and oxygen atoms in total. The molecular formula is C58H51NO. The molecule has 294 valence electrons. The molecule has 0 radical (unpaired) electrons. The van der Waals surface area contributed by atoms with E-state index in [-0.39, 0.29) is 0 Å². The maximum atomic E-state index is 7.02. The molecule has 0 saturated heterocycles. The predicted molar refractivity (Wildman–Crippen MR) is 253 cm³/mol. The van der Waals surface area contributed by atoms with Crippen molar-refractivity contribution in [2.75, 3.05) is 4.90 Å². The topological polar surface area (TPSA) is 16.4 Å². The van der Waals surface area contributed by atoms with Crippen molar-refractivity contribution in [1.82, 2.24) is 0 Å². The number of nitrogens with zero attached hydrogens (tertiary/aromatic N) is 1. The molecule has 0 unspecified atom stereocenters. The fraction of sp³-hybridized carbons (Fsp3) is 0.207. The fourth-order valence-corrected chi connectivity index (χ4v) is 11.0. The third-order valence-corrected chi connectivity index (χ3v) is 14.0. The van der Waals surface area contributed by atoms with Crippen LogP contribution < -0.4 is 4.90 Å². The van der Waals surface area contributed by atoms with Gasteiger partial charge in [0.2, 0.25) is 0 Å². The maximum Gasteiger partial charge on any atom is 0.143 e. The first kappa shape index (κ1) is 36.7. The summed E-state index contributed by atoms with van der Waals surface area (Å²) in [6, 6.07) is 70.4. The van der Waals surface area contributed by atoms with E-state index in [1.54, 1.807) is 0 Å². The van der Waals surface area contributed by atoms with Crippen molar-refractivity contribution in [2.45, 2.75) is 75.3 Å². The van der Waals surface area contributed by atoms with E-state index in [0.717, 1.165) is 33.4 Å². The van der Waals surface area contributed by atoms with Crippen molar-refractivity contribution in [3.63, 3.8) is 0 Å². The van der Waals surface area contributed by atoms with E-state index in [1.165, 1.54) is 101 Å². The molecule has 1 aromatic heterocycles. The fourth-order valence-electron chi connectivity index (χ4n) is 11.0. The SMILES string of the molecule is c1ccc(-c2oc3c4ccccc4c4ccc(-c5ccc(N(C6CCC(c7ccccc7)CC6)C6CCC(c7ccccc7)CC6)cc5)cc4c3c2-c2ccccc2)cc1. The molecule has 2 fully saturated rings. The first-order valence-electron chi connectivity index (χ1n) is 22.3. The van der Waals surface area contributed by atoms with Crippen molar-refractivity contribution in [3.05, 3.63) is 199 Å². The Morgan fingerprint density at radius 3 is 1.40 bits per heavy atom. The molecule has 8 aromatic carbocycles. The van der Waals surface area contributed by atoms with Crippen LogP contribution in [0, 0.1) is 0 Å². The van der Waals surface area contributed by atoms with Crippen LogP contribution in [-0.2, 0) is 0 Å². The third kappa shape index (κ3) is 6.79. The lowest BCUT2D eigenvalue weighted by Crippen LogP contribution is -2.46. The molecule has 0 amide bonds. The van der Waals surface area contributed by atoms with E-state index in [0.29, 0.717) is 23.9 Å². The second-order valence-electron chi connectivity index (χ2n) is 17.3. The van der Waals surface area contributed by atoms with Gasteiger partial charge in [0, 0.05) is 39.7 Å². The van der Waals surface area contributed by atoms with Crippen molar-refractivity contribution >= 4 is 38.2 Å². The van der Waals surface area contributed by atoms with Crippen LogP contribution in [0.5, 0.6) is 0 Å². The van der Waals surface area contributed by atoms with E-state index in [9.17, 15) is 0 Å². The summed E-state index contributed by atoms with van der Waals surface area (Å²) in [5, 5.41) is 6.01. The van der Waals surface area contributed by atoms with Gasteiger partial charge >= 0.3 is 0 Å². The summed E-state index contributed by atoms with van der Waals surface area (Å²) in [5.41, 5.74) is 11.2. The van der Waals surface area contributed by atoms with Gasteiger partial charge in [-0.05, 0) is 125 Å². The lowest BCUT2D eigenvalue weighted by Gasteiger charge is -2.45. The highest BCUT2D eigenvalue weighted by molar-refractivity contribution is 6.29. The first-order chi connectivity index (χ1) is 29.8. The molecular weight excluding hydrogens is 727 g/mol. The van der Waals surface area contributed by atoms with E-state index >= 15 is 0 Å². The van der Waals surface area contributed by atoms with Crippen LogP contribution in [0.4, 0.5) is 5.69 Å². The standard InChI is InChI=1S/C58H51NO/c1-5-15-40(16-6-1)42-25-32-48(33-26-42)59(49-34-27-43(28-35-49)41-17-7-2-8-18-41)50-36-29-44(30-37-50)47-31-38-52-51-23-13-14-24-53(51)58-56(54(52)39-47)55(45-19-9-3-10-20-45)57(60-58)46-21-11-4-12-22-46/h1-24,29-31,36-39,42-43,48-49H,25-28,32-35H2. The average molecular weight is 778 g/mol. The normalized spacial score (nSPS) is 19.5. The molecule has 0 N–H and O–H groups in total. The summed E-state index contributed by atoms with van der Waals surface area (Å²) in [5.74, 6) is 2.25. The van der Waals surface area contributed by atoms with Crippen molar-refractivity contribution in [1.29, 1.82) is 0 Å². The van der Waals surface area contributed by atoms with Gasteiger partial charge in [0.05, 0.1) is 0 Å². The van der Waals surface area contributed by atoms with Gasteiger partial charge in [0.15, 0.2) is 0 Å². The summed E-state index contributed by atoms with van der Waals surface area (Å²) in [6.07, 6.45) is 10.0. The van der Waals surface area contributed by atoms with E-state index < -0.39 is 0 Å². The largest absolute Gasteiger partial charge is 0.455 e. The Balaban J connectivity index is 0.977. The van der Waals surface area contributed by atoms with Crippen LogP contribution in [0.3, 0.4) is 0 Å². The maximum absolute atomic E-state index is 7.02. The summed E-state index contributed by atoms with van der Waals surface area (Å²) in [4.78, 5) is 2.88. The zero-order chi connectivity index (χ0) is 39.8. The third-order valence-electron chi connectivity index (χ3n) is 14.0. The lowest BCUT2D eigenvalue weighted by atomic mass is 9.78. The molecule has 60 heavy (non-hydrogen) atoms. The average Bonchev–Trinajstić information content (AvgIpc) is 3.75. The number of rotatable bonds is 8. The Morgan fingerprint density at radius 2 is 0.833 bits per heavy atom. The van der Waals surface area contributed by atoms with E-state index in [4.69, 9.17) is 4.42 Å². The van der Waals surface area contributed by atoms with Crippen molar-refractivity contribution in [2.24, 2.45) is 0 Å². The lowest BCUT2D eigenvalue weighted by molar-refractivity contribution is 0.310. The highest BCUT2D eigenvalue weighted by Crippen LogP contribution is 2.48. The second kappa shape index (κ2) is 16.0. The number of furan rings is 1. The Hall–Kier alpha value is -6.38. The Labute approximate surface area is 354 Å². The van der Waals surface area contributed by atoms with Crippen LogP contribution in [0.25, 0.3) is 66.1 Å². The van der Waals surface area contributed by atoms with Crippen LogP contribution >= 0.6 is 0 Å². The molecule has 0 spiro atoms. The molecule has 9 aromatic rings. The quantitative estimate of drug-likeness (QED) is 0.143. The Bertz CT molecular complexity index is 2810. The molecule has 2 saturated carbocycles. The number of hydrogen-bond donors (Lipinski definition) is 0. The Morgan fingerprint density at radius 1 is 0.367 bits per heavy atom. The molecule has 0 aliphatic heterocycles. The van der Waals surface area contributed by atoms with Crippen LogP contribution in [0.1, 0.15) is 74.3 Å². The first-order valence-corrected chi connectivity index (χ1v) is 22.3. The Kier molecular flexibility index (Phi) is 9.78. The molecule has 2 heteroatoms.